The summed E-state index contributed by atoms with van der Waals surface area (Å²) in [7, 11) is 0. The highest BCUT2D eigenvalue weighted by Gasteiger charge is 2.03. The third-order valence-corrected chi connectivity index (χ3v) is 2.74. The molecule has 0 saturated carbocycles. The molecule has 2 aromatic rings. The summed E-state index contributed by atoms with van der Waals surface area (Å²) >= 11 is 0. The summed E-state index contributed by atoms with van der Waals surface area (Å²) in [5.41, 5.74) is 5.34. The molecular formula is C15H9F. The molecule has 76 valence electrons. The van der Waals surface area contributed by atoms with Crippen molar-refractivity contribution in [1.82, 2.24) is 0 Å². The fraction of sp³-hybridized carbons (Fsp3) is 0. The van der Waals surface area contributed by atoms with E-state index in [1.165, 1.54) is 12.1 Å². The molecule has 0 nitrogen and oxygen atoms in total. The molecule has 0 N–H and O–H groups in total. The molecule has 2 aromatic carbocycles. The second-order valence-corrected chi connectivity index (χ2v) is 3.75. The van der Waals surface area contributed by atoms with Crippen molar-refractivity contribution in [1.29, 1.82) is 0 Å². The van der Waals surface area contributed by atoms with E-state index in [1.54, 1.807) is 12.1 Å². The van der Waals surface area contributed by atoms with E-state index in [9.17, 15) is 4.39 Å². The van der Waals surface area contributed by atoms with Gasteiger partial charge in [0.05, 0.1) is 0 Å². The second-order valence-electron chi connectivity index (χ2n) is 3.75. The largest absolute Gasteiger partial charge is 0.207 e. The molecule has 0 bridgehead atoms. The Morgan fingerprint density at radius 1 is 0.875 bits per heavy atom. The van der Waals surface area contributed by atoms with Crippen LogP contribution in [0.25, 0.3) is 11.3 Å². The molecule has 1 heteroatoms. The maximum absolute atomic E-state index is 12.8. The van der Waals surface area contributed by atoms with Gasteiger partial charge >= 0.3 is 0 Å². The van der Waals surface area contributed by atoms with Gasteiger partial charge in [0.2, 0.25) is 0 Å². The maximum atomic E-state index is 12.8. The standard InChI is InChI=1S/C15H9F/c16-13-8-5-12(6-9-13)15-10-7-11-3-1-2-4-14(11)15/h1-6,8-10H. The summed E-state index contributed by atoms with van der Waals surface area (Å²) in [4.78, 5) is 0. The Kier molecular flexibility index (Phi) is 1.99. The summed E-state index contributed by atoms with van der Waals surface area (Å²) < 4.78 is 12.8. The molecule has 0 fully saturated rings. The fourth-order valence-electron chi connectivity index (χ4n) is 1.94. The number of rotatable bonds is 1. The molecule has 1 aliphatic carbocycles. The Labute approximate surface area is 92.7 Å². The van der Waals surface area contributed by atoms with Crippen LogP contribution in [0.4, 0.5) is 4.39 Å². The lowest BCUT2D eigenvalue weighted by Crippen LogP contribution is -2.22. The van der Waals surface area contributed by atoms with Gasteiger partial charge in [0.15, 0.2) is 0 Å². The third kappa shape index (κ3) is 1.39. The summed E-state index contributed by atoms with van der Waals surface area (Å²) in [5.74, 6) is -0.205. The van der Waals surface area contributed by atoms with Gasteiger partial charge in [-0.1, -0.05) is 30.3 Å². The molecule has 0 spiro atoms. The van der Waals surface area contributed by atoms with Gasteiger partial charge in [0.1, 0.15) is 5.82 Å². The van der Waals surface area contributed by atoms with Gasteiger partial charge in [-0.3, -0.25) is 0 Å². The molecule has 0 radical (unpaired) electrons. The fourth-order valence-corrected chi connectivity index (χ4v) is 1.94. The van der Waals surface area contributed by atoms with Crippen LogP contribution in [0.5, 0.6) is 0 Å². The van der Waals surface area contributed by atoms with Crippen LogP contribution >= 0.6 is 0 Å². The van der Waals surface area contributed by atoms with Crippen LogP contribution in [-0.4, -0.2) is 0 Å². The summed E-state index contributed by atoms with van der Waals surface area (Å²) in [6, 6.07) is 14.6. The molecule has 3 rings (SSSR count). The van der Waals surface area contributed by atoms with E-state index in [2.05, 4.69) is 11.8 Å². The number of hydrogen-bond donors (Lipinski definition) is 0. The van der Waals surface area contributed by atoms with Crippen molar-refractivity contribution in [3.63, 3.8) is 0 Å². The van der Waals surface area contributed by atoms with Crippen molar-refractivity contribution in [2.75, 3.05) is 0 Å². The second kappa shape index (κ2) is 3.48. The molecule has 16 heavy (non-hydrogen) atoms. The van der Waals surface area contributed by atoms with Crippen LogP contribution in [0.15, 0.2) is 54.6 Å². The van der Waals surface area contributed by atoms with Crippen molar-refractivity contribution in [2.45, 2.75) is 0 Å². The van der Waals surface area contributed by atoms with Gasteiger partial charge < -0.3 is 0 Å². The lowest BCUT2D eigenvalue weighted by molar-refractivity contribution is 0.627. The van der Waals surface area contributed by atoms with Gasteiger partial charge in [-0.2, -0.15) is 0 Å². The minimum absolute atomic E-state index is 0.205. The zero-order chi connectivity index (χ0) is 11.0. The quantitative estimate of drug-likeness (QED) is 0.672. The number of allylic oxidation sites excluding steroid dienone is 1. The van der Waals surface area contributed by atoms with E-state index in [1.807, 2.05) is 24.3 Å². The lowest BCUT2D eigenvalue weighted by Gasteiger charge is -1.99. The first-order chi connectivity index (χ1) is 7.84. The van der Waals surface area contributed by atoms with Crippen LogP contribution in [0.1, 0.15) is 5.56 Å². The Bertz CT molecular complexity index is 687. The first kappa shape index (κ1) is 9.14. The third-order valence-electron chi connectivity index (χ3n) is 2.74. The maximum Gasteiger partial charge on any atom is 0.123 e. The van der Waals surface area contributed by atoms with Gasteiger partial charge in [-0.15, -0.1) is 5.73 Å². The zero-order valence-corrected chi connectivity index (χ0v) is 8.57. The van der Waals surface area contributed by atoms with E-state index >= 15 is 0 Å². The van der Waals surface area contributed by atoms with Crippen molar-refractivity contribution in [3.05, 3.63) is 76.4 Å². The van der Waals surface area contributed by atoms with Gasteiger partial charge in [0, 0.05) is 5.22 Å². The molecule has 0 amide bonds. The Balaban J connectivity index is 2.27. The lowest BCUT2D eigenvalue weighted by atomic mass is 10.0. The van der Waals surface area contributed by atoms with E-state index in [0.29, 0.717) is 0 Å². The van der Waals surface area contributed by atoms with Gasteiger partial charge in [-0.25, -0.2) is 4.39 Å². The Morgan fingerprint density at radius 3 is 2.44 bits per heavy atom. The normalized spacial score (nSPS) is 12.4. The van der Waals surface area contributed by atoms with E-state index < -0.39 is 0 Å². The zero-order valence-electron chi connectivity index (χ0n) is 8.57. The van der Waals surface area contributed by atoms with E-state index in [4.69, 9.17) is 0 Å². The predicted molar refractivity (Wildman–Crippen MR) is 62.6 cm³/mol. The monoisotopic (exact) mass is 208 g/mol. The Morgan fingerprint density at radius 2 is 1.62 bits per heavy atom. The SMILES string of the molecule is Fc1ccc(C2=c3ccccc3=C=C2)cc1. The van der Waals surface area contributed by atoms with Crippen LogP contribution in [0, 0.1) is 5.82 Å². The summed E-state index contributed by atoms with van der Waals surface area (Å²) in [6.45, 7) is 0. The highest BCUT2D eigenvalue weighted by Crippen LogP contribution is 2.13. The molecule has 0 aliphatic heterocycles. The van der Waals surface area contributed by atoms with E-state index in [-0.39, 0.29) is 5.82 Å². The summed E-state index contributed by atoms with van der Waals surface area (Å²) in [5, 5.41) is 2.26. The number of hydrogen-bond acceptors (Lipinski definition) is 0. The van der Waals surface area contributed by atoms with E-state index in [0.717, 1.165) is 21.6 Å². The first-order valence-corrected chi connectivity index (χ1v) is 5.17. The van der Waals surface area contributed by atoms with Crippen LogP contribution in [0.3, 0.4) is 0 Å². The molecule has 0 saturated heterocycles. The number of benzene rings is 2. The first-order valence-electron chi connectivity index (χ1n) is 5.17. The van der Waals surface area contributed by atoms with Crippen LogP contribution in [-0.2, 0) is 0 Å². The molecule has 0 unspecified atom stereocenters. The number of halogens is 1. The average Bonchev–Trinajstić information content (AvgIpc) is 2.74. The van der Waals surface area contributed by atoms with Crippen molar-refractivity contribution in [3.8, 4) is 0 Å². The summed E-state index contributed by atoms with van der Waals surface area (Å²) in [6.07, 6.45) is 1.96. The minimum atomic E-state index is -0.205. The average molecular weight is 208 g/mol. The molecule has 0 aromatic heterocycles. The smallest absolute Gasteiger partial charge is 0.123 e. The topological polar surface area (TPSA) is 0 Å². The minimum Gasteiger partial charge on any atom is -0.207 e. The van der Waals surface area contributed by atoms with Crippen molar-refractivity contribution < 1.29 is 4.39 Å². The van der Waals surface area contributed by atoms with Gasteiger partial charge in [-0.05, 0) is 40.6 Å². The molecule has 1 aliphatic rings. The van der Waals surface area contributed by atoms with Crippen LogP contribution in [0.2, 0.25) is 0 Å². The number of fused-ring (bicyclic) bond motifs is 1. The van der Waals surface area contributed by atoms with Gasteiger partial charge in [0.25, 0.3) is 0 Å². The molecular weight excluding hydrogens is 199 g/mol. The van der Waals surface area contributed by atoms with Crippen LogP contribution < -0.4 is 10.4 Å². The highest BCUT2D eigenvalue weighted by molar-refractivity contribution is 5.78. The van der Waals surface area contributed by atoms with Crippen molar-refractivity contribution in [2.24, 2.45) is 0 Å². The van der Waals surface area contributed by atoms with Crippen molar-refractivity contribution >= 4 is 11.3 Å². The molecule has 0 atom stereocenters. The Hall–Kier alpha value is -2.11. The highest BCUT2D eigenvalue weighted by atomic mass is 19.1. The molecule has 0 heterocycles. The predicted octanol–water partition coefficient (Wildman–Crippen LogP) is 1.97.